The number of imidazole rings is 1. The van der Waals surface area contributed by atoms with E-state index in [1.54, 1.807) is 23.9 Å². The zero-order valence-corrected chi connectivity index (χ0v) is 12.3. The van der Waals surface area contributed by atoms with Crippen LogP contribution in [0, 0.1) is 0 Å². The zero-order chi connectivity index (χ0) is 14.9. The minimum atomic E-state index is -0.776. The van der Waals surface area contributed by atoms with E-state index in [0.29, 0.717) is 19.4 Å². The Bertz CT molecular complexity index is 564. The van der Waals surface area contributed by atoms with Gasteiger partial charge in [0.05, 0.1) is 23.5 Å². The molecule has 0 radical (unpaired) electrons. The Morgan fingerprint density at radius 3 is 3.10 bits per heavy atom. The van der Waals surface area contributed by atoms with Gasteiger partial charge in [0.25, 0.3) is 0 Å². The topological polar surface area (TPSA) is 76.4 Å². The minimum absolute atomic E-state index is 0.173. The highest BCUT2D eigenvalue weighted by atomic mass is 32.1. The van der Waals surface area contributed by atoms with Crippen molar-refractivity contribution >= 4 is 29.2 Å². The van der Waals surface area contributed by atoms with E-state index in [-0.39, 0.29) is 6.42 Å². The predicted octanol–water partition coefficient (Wildman–Crippen LogP) is 2.68. The first kappa shape index (κ1) is 15.3. The fourth-order valence-electron chi connectivity index (χ4n) is 1.65. The van der Waals surface area contributed by atoms with Crippen molar-refractivity contribution in [3.8, 4) is 0 Å². The van der Waals surface area contributed by atoms with E-state index in [4.69, 9.17) is 9.94 Å². The normalized spacial score (nSPS) is 11.5. The van der Waals surface area contributed by atoms with Gasteiger partial charge in [-0.3, -0.25) is 15.1 Å². The smallest absolute Gasteiger partial charge is 0.303 e. The second-order valence-electron chi connectivity index (χ2n) is 4.33. The van der Waals surface area contributed by atoms with Crippen LogP contribution in [0.25, 0.3) is 11.9 Å². The predicted molar refractivity (Wildman–Crippen MR) is 81.3 cm³/mol. The molecule has 112 valence electrons. The molecule has 0 atom stereocenters. The van der Waals surface area contributed by atoms with E-state index in [9.17, 15) is 4.79 Å². The van der Waals surface area contributed by atoms with Gasteiger partial charge in [0.2, 0.25) is 0 Å². The van der Waals surface area contributed by atoms with Crippen LogP contribution < -0.4 is 5.48 Å². The van der Waals surface area contributed by atoms with Crippen LogP contribution in [0.3, 0.4) is 0 Å². The molecule has 0 saturated heterocycles. The molecule has 0 aliphatic rings. The number of carbonyl (C=O) groups is 1. The molecular formula is C14H17N3O3S. The SMILES string of the molecule is O=C(O)CCCCONC(=Cn1ccnc1)c1cccs1. The van der Waals surface area contributed by atoms with Crippen molar-refractivity contribution in [2.75, 3.05) is 6.61 Å². The molecule has 0 spiro atoms. The highest BCUT2D eigenvalue weighted by molar-refractivity contribution is 7.11. The largest absolute Gasteiger partial charge is 0.481 e. The fourth-order valence-corrected chi connectivity index (χ4v) is 2.33. The van der Waals surface area contributed by atoms with Gasteiger partial charge >= 0.3 is 5.97 Å². The van der Waals surface area contributed by atoms with Crippen molar-refractivity contribution in [3.05, 3.63) is 41.1 Å². The van der Waals surface area contributed by atoms with Crippen LogP contribution in [-0.2, 0) is 9.63 Å². The number of nitrogens with one attached hydrogen (secondary N) is 1. The third-order valence-corrected chi connectivity index (χ3v) is 3.56. The van der Waals surface area contributed by atoms with Gasteiger partial charge in [0.15, 0.2) is 0 Å². The molecule has 2 aromatic heterocycles. The van der Waals surface area contributed by atoms with Crippen LogP contribution in [0.2, 0.25) is 0 Å². The van der Waals surface area contributed by atoms with Gasteiger partial charge < -0.3 is 9.67 Å². The Morgan fingerprint density at radius 1 is 1.52 bits per heavy atom. The molecule has 0 aliphatic heterocycles. The number of hydroxylamine groups is 1. The summed E-state index contributed by atoms with van der Waals surface area (Å²) in [5, 5.41) is 10.5. The molecule has 2 rings (SSSR count). The first-order valence-electron chi connectivity index (χ1n) is 6.58. The summed E-state index contributed by atoms with van der Waals surface area (Å²) in [5.41, 5.74) is 3.76. The highest BCUT2D eigenvalue weighted by Crippen LogP contribution is 2.18. The fraction of sp³-hybridized carbons (Fsp3) is 0.286. The zero-order valence-electron chi connectivity index (χ0n) is 11.4. The number of unbranched alkanes of at least 4 members (excludes halogenated alkanes) is 1. The van der Waals surface area contributed by atoms with Crippen LogP contribution in [0.15, 0.2) is 36.2 Å². The maximum absolute atomic E-state index is 10.4. The Morgan fingerprint density at radius 2 is 2.43 bits per heavy atom. The third kappa shape index (κ3) is 5.41. The Balaban J connectivity index is 1.85. The summed E-state index contributed by atoms with van der Waals surface area (Å²) in [5.74, 6) is -0.776. The van der Waals surface area contributed by atoms with Crippen molar-refractivity contribution in [3.63, 3.8) is 0 Å². The van der Waals surface area contributed by atoms with Crippen molar-refractivity contribution in [1.29, 1.82) is 0 Å². The molecule has 0 aliphatic carbocycles. The average Bonchev–Trinajstić information content (AvgIpc) is 3.13. The molecule has 6 nitrogen and oxygen atoms in total. The molecule has 0 saturated carbocycles. The van der Waals surface area contributed by atoms with Crippen molar-refractivity contribution in [1.82, 2.24) is 15.0 Å². The van der Waals surface area contributed by atoms with Crippen molar-refractivity contribution < 1.29 is 14.7 Å². The lowest BCUT2D eigenvalue weighted by molar-refractivity contribution is -0.137. The van der Waals surface area contributed by atoms with E-state index in [1.165, 1.54) is 0 Å². The molecule has 0 amide bonds. The molecule has 2 heterocycles. The molecule has 7 heteroatoms. The molecule has 0 unspecified atom stereocenters. The standard InChI is InChI=1S/C14H17N3O3S/c18-14(19)5-1-2-8-20-16-12(13-4-3-9-21-13)10-17-7-6-15-11-17/h3-4,6-7,9-11,16H,1-2,5,8H2,(H,18,19). The lowest BCUT2D eigenvalue weighted by Gasteiger charge is -2.10. The highest BCUT2D eigenvalue weighted by Gasteiger charge is 2.03. The molecule has 2 N–H and O–H groups in total. The molecule has 21 heavy (non-hydrogen) atoms. The van der Waals surface area contributed by atoms with Crippen LogP contribution in [0.4, 0.5) is 0 Å². The summed E-state index contributed by atoms with van der Waals surface area (Å²) in [4.78, 5) is 20.9. The maximum atomic E-state index is 10.4. The minimum Gasteiger partial charge on any atom is -0.481 e. The lowest BCUT2D eigenvalue weighted by Crippen LogP contribution is -2.14. The summed E-state index contributed by atoms with van der Waals surface area (Å²) >= 11 is 1.60. The summed E-state index contributed by atoms with van der Waals surface area (Å²) in [6.45, 7) is 0.458. The van der Waals surface area contributed by atoms with Crippen molar-refractivity contribution in [2.45, 2.75) is 19.3 Å². The molecule has 0 fully saturated rings. The van der Waals surface area contributed by atoms with Crippen molar-refractivity contribution in [2.24, 2.45) is 0 Å². The molecular weight excluding hydrogens is 290 g/mol. The first-order valence-corrected chi connectivity index (χ1v) is 7.46. The van der Waals surface area contributed by atoms with Crippen LogP contribution in [0.5, 0.6) is 0 Å². The summed E-state index contributed by atoms with van der Waals surface area (Å²) in [7, 11) is 0. The van der Waals surface area contributed by atoms with Gasteiger partial charge in [-0.1, -0.05) is 6.07 Å². The van der Waals surface area contributed by atoms with E-state index < -0.39 is 5.97 Å². The van der Waals surface area contributed by atoms with Gasteiger partial charge in [0.1, 0.15) is 0 Å². The quantitative estimate of drug-likeness (QED) is 0.550. The number of aliphatic carboxylic acids is 1. The Hall–Kier alpha value is -2.12. The Kier molecular flexibility index (Phi) is 5.99. The first-order chi connectivity index (χ1) is 10.3. The van der Waals surface area contributed by atoms with E-state index in [1.807, 2.05) is 34.5 Å². The number of hydrogen-bond acceptors (Lipinski definition) is 5. The van der Waals surface area contributed by atoms with Gasteiger partial charge in [-0.25, -0.2) is 4.98 Å². The second kappa shape index (κ2) is 8.23. The molecule has 0 aromatic carbocycles. The number of hydrogen-bond donors (Lipinski definition) is 2. The Labute approximate surface area is 126 Å². The van der Waals surface area contributed by atoms with Gasteiger partial charge in [-0.15, -0.1) is 11.3 Å². The van der Waals surface area contributed by atoms with E-state index in [2.05, 4.69) is 10.5 Å². The number of nitrogens with zero attached hydrogens (tertiary/aromatic N) is 2. The summed E-state index contributed by atoms with van der Waals surface area (Å²) in [6, 6.07) is 3.96. The lowest BCUT2D eigenvalue weighted by atomic mass is 10.2. The second-order valence-corrected chi connectivity index (χ2v) is 5.28. The number of carboxylic acids is 1. The van der Waals surface area contributed by atoms with Crippen LogP contribution >= 0.6 is 11.3 Å². The summed E-state index contributed by atoms with van der Waals surface area (Å²) < 4.78 is 1.83. The summed E-state index contributed by atoms with van der Waals surface area (Å²) in [6.07, 6.45) is 8.60. The third-order valence-electron chi connectivity index (χ3n) is 2.66. The average molecular weight is 307 g/mol. The van der Waals surface area contributed by atoms with Crippen LogP contribution in [0.1, 0.15) is 24.1 Å². The number of rotatable bonds is 9. The number of carboxylic acid groups (broad SMARTS) is 1. The molecule has 2 aromatic rings. The van der Waals surface area contributed by atoms with Gasteiger partial charge in [-0.05, 0) is 24.3 Å². The van der Waals surface area contributed by atoms with E-state index >= 15 is 0 Å². The molecule has 0 bridgehead atoms. The monoisotopic (exact) mass is 307 g/mol. The van der Waals surface area contributed by atoms with Gasteiger partial charge in [-0.2, -0.15) is 0 Å². The maximum Gasteiger partial charge on any atom is 0.303 e. The van der Waals surface area contributed by atoms with Gasteiger partial charge in [0, 0.05) is 25.0 Å². The van der Waals surface area contributed by atoms with Crippen LogP contribution in [-0.4, -0.2) is 27.2 Å². The number of thiophene rings is 1. The number of aromatic nitrogens is 2. The van der Waals surface area contributed by atoms with E-state index in [0.717, 1.165) is 10.6 Å².